The van der Waals surface area contributed by atoms with Gasteiger partial charge in [0, 0.05) is 13.0 Å². The van der Waals surface area contributed by atoms with E-state index < -0.39 is 12.5 Å². The van der Waals surface area contributed by atoms with Crippen LogP contribution in [0.25, 0.3) is 0 Å². The predicted molar refractivity (Wildman–Crippen MR) is 52.5 cm³/mol. The average molecular weight is 218 g/mol. The highest BCUT2D eigenvalue weighted by Gasteiger charge is 2.18. The van der Waals surface area contributed by atoms with E-state index >= 15 is 0 Å². The summed E-state index contributed by atoms with van der Waals surface area (Å²) in [5.74, 6) is 0.921. The smallest absolute Gasteiger partial charge is 0.253 e. The lowest BCUT2D eigenvalue weighted by molar-refractivity contribution is 0.114. The monoisotopic (exact) mass is 218 g/mol. The highest BCUT2D eigenvalue weighted by atomic mass is 19.3. The molecule has 4 nitrogen and oxygen atoms in total. The van der Waals surface area contributed by atoms with Crippen LogP contribution in [0.1, 0.15) is 19.7 Å². The van der Waals surface area contributed by atoms with E-state index in [0.717, 1.165) is 0 Å². The summed E-state index contributed by atoms with van der Waals surface area (Å²) in [6, 6.07) is -1.17. The van der Waals surface area contributed by atoms with Crippen LogP contribution in [-0.2, 0) is 13.0 Å². The molecule has 0 fully saturated rings. The second-order valence-corrected chi connectivity index (χ2v) is 3.95. The zero-order valence-corrected chi connectivity index (χ0v) is 8.90. The van der Waals surface area contributed by atoms with E-state index in [1.165, 1.54) is 6.33 Å². The lowest BCUT2D eigenvalue weighted by Gasteiger charge is -2.12. The maximum Gasteiger partial charge on any atom is 0.253 e. The molecule has 0 saturated heterocycles. The summed E-state index contributed by atoms with van der Waals surface area (Å²) in [5.41, 5.74) is 5.28. The molecule has 0 amide bonds. The maximum absolute atomic E-state index is 12.2. The molecule has 15 heavy (non-hydrogen) atoms. The minimum Gasteiger partial charge on any atom is -0.323 e. The number of alkyl halides is 2. The second kappa shape index (κ2) is 5.16. The standard InChI is InChI=1S/C9H16F2N4/c1-6(2)4-15-8(13-5-14-15)3-7(12)9(10)11/h5-7,9H,3-4,12H2,1-2H3. The molecule has 0 aromatic carbocycles. The summed E-state index contributed by atoms with van der Waals surface area (Å²) >= 11 is 0. The summed E-state index contributed by atoms with van der Waals surface area (Å²) in [7, 11) is 0. The Hall–Kier alpha value is -1.04. The summed E-state index contributed by atoms with van der Waals surface area (Å²) in [5, 5.41) is 3.97. The van der Waals surface area contributed by atoms with E-state index in [2.05, 4.69) is 10.1 Å². The lowest BCUT2D eigenvalue weighted by atomic mass is 10.2. The van der Waals surface area contributed by atoms with Crippen molar-refractivity contribution in [3.8, 4) is 0 Å². The molecule has 0 aliphatic carbocycles. The van der Waals surface area contributed by atoms with Gasteiger partial charge in [0.2, 0.25) is 0 Å². The van der Waals surface area contributed by atoms with Gasteiger partial charge in [0.1, 0.15) is 12.2 Å². The molecule has 0 spiro atoms. The summed E-state index contributed by atoms with van der Waals surface area (Å²) < 4.78 is 26.1. The molecule has 1 unspecified atom stereocenters. The average Bonchev–Trinajstić information content (AvgIpc) is 2.51. The Morgan fingerprint density at radius 2 is 2.13 bits per heavy atom. The van der Waals surface area contributed by atoms with Gasteiger partial charge in [0.25, 0.3) is 6.43 Å². The van der Waals surface area contributed by atoms with Crippen LogP contribution in [0.3, 0.4) is 0 Å². The van der Waals surface area contributed by atoms with Crippen molar-refractivity contribution in [2.45, 2.75) is 39.3 Å². The number of rotatable bonds is 5. The number of halogens is 2. The Balaban J connectivity index is 2.64. The van der Waals surface area contributed by atoms with Gasteiger partial charge < -0.3 is 5.73 Å². The van der Waals surface area contributed by atoms with Gasteiger partial charge in [-0.05, 0) is 5.92 Å². The van der Waals surface area contributed by atoms with Crippen molar-refractivity contribution in [3.63, 3.8) is 0 Å². The van der Waals surface area contributed by atoms with Crippen LogP contribution in [0.5, 0.6) is 0 Å². The zero-order chi connectivity index (χ0) is 11.4. The Morgan fingerprint density at radius 3 is 2.67 bits per heavy atom. The first kappa shape index (κ1) is 12.0. The van der Waals surface area contributed by atoms with Gasteiger partial charge in [-0.25, -0.2) is 18.4 Å². The molecule has 1 aromatic rings. The van der Waals surface area contributed by atoms with Crippen molar-refractivity contribution in [1.82, 2.24) is 14.8 Å². The van der Waals surface area contributed by atoms with Gasteiger partial charge in [-0.15, -0.1) is 0 Å². The Kier molecular flexibility index (Phi) is 4.14. The molecule has 1 aromatic heterocycles. The zero-order valence-electron chi connectivity index (χ0n) is 8.90. The van der Waals surface area contributed by atoms with Gasteiger partial charge in [-0.1, -0.05) is 13.8 Å². The molecule has 0 radical (unpaired) electrons. The largest absolute Gasteiger partial charge is 0.323 e. The molecule has 0 bridgehead atoms. The number of nitrogens with zero attached hydrogens (tertiary/aromatic N) is 3. The van der Waals surface area contributed by atoms with E-state index in [0.29, 0.717) is 18.3 Å². The van der Waals surface area contributed by atoms with Crippen LogP contribution in [0.15, 0.2) is 6.33 Å². The minimum absolute atomic E-state index is 0.0599. The van der Waals surface area contributed by atoms with Crippen molar-refractivity contribution in [3.05, 3.63) is 12.2 Å². The SMILES string of the molecule is CC(C)Cn1ncnc1CC(N)C(F)F. The van der Waals surface area contributed by atoms with E-state index in [4.69, 9.17) is 5.73 Å². The first-order valence-corrected chi connectivity index (χ1v) is 4.91. The van der Waals surface area contributed by atoms with Crippen molar-refractivity contribution in [1.29, 1.82) is 0 Å². The van der Waals surface area contributed by atoms with Crippen molar-refractivity contribution in [2.24, 2.45) is 11.7 Å². The molecule has 0 aliphatic rings. The first-order chi connectivity index (χ1) is 7.00. The van der Waals surface area contributed by atoms with Gasteiger partial charge >= 0.3 is 0 Å². The molecule has 1 atom stereocenters. The van der Waals surface area contributed by atoms with Crippen molar-refractivity contribution in [2.75, 3.05) is 0 Å². The highest BCUT2D eigenvalue weighted by molar-refractivity contribution is 4.89. The Labute approximate surface area is 87.5 Å². The normalized spacial score (nSPS) is 13.8. The van der Waals surface area contributed by atoms with E-state index in [1.807, 2.05) is 13.8 Å². The van der Waals surface area contributed by atoms with Crippen LogP contribution < -0.4 is 5.73 Å². The minimum atomic E-state index is -2.52. The fraction of sp³-hybridized carbons (Fsp3) is 0.778. The van der Waals surface area contributed by atoms with Crippen LogP contribution in [0.2, 0.25) is 0 Å². The Bertz CT molecular complexity index is 298. The fourth-order valence-corrected chi connectivity index (χ4v) is 1.24. The molecule has 1 heterocycles. The third-order valence-electron chi connectivity index (χ3n) is 1.98. The fourth-order valence-electron chi connectivity index (χ4n) is 1.24. The van der Waals surface area contributed by atoms with Gasteiger partial charge in [-0.2, -0.15) is 5.10 Å². The topological polar surface area (TPSA) is 56.7 Å². The second-order valence-electron chi connectivity index (χ2n) is 3.95. The summed E-state index contributed by atoms with van der Waals surface area (Å²) in [4.78, 5) is 3.93. The molecule has 0 saturated carbocycles. The van der Waals surface area contributed by atoms with Gasteiger partial charge in [-0.3, -0.25) is 0 Å². The Morgan fingerprint density at radius 1 is 1.47 bits per heavy atom. The van der Waals surface area contributed by atoms with Crippen molar-refractivity contribution < 1.29 is 8.78 Å². The first-order valence-electron chi connectivity index (χ1n) is 4.91. The van der Waals surface area contributed by atoms with Crippen molar-refractivity contribution >= 4 is 0 Å². The summed E-state index contributed by atoms with van der Waals surface area (Å²) in [6.07, 6.45) is -1.09. The molecule has 1 rings (SSSR count). The molecule has 0 aliphatic heterocycles. The number of nitrogens with two attached hydrogens (primary N) is 1. The number of hydrogen-bond acceptors (Lipinski definition) is 3. The number of hydrogen-bond donors (Lipinski definition) is 1. The third kappa shape index (κ3) is 3.54. The van der Waals surface area contributed by atoms with Crippen LogP contribution in [0, 0.1) is 5.92 Å². The predicted octanol–water partition coefficient (Wildman–Crippen LogP) is 1.07. The molecule has 6 heteroatoms. The third-order valence-corrected chi connectivity index (χ3v) is 1.98. The summed E-state index contributed by atoms with van der Waals surface area (Å²) in [6.45, 7) is 4.72. The molecular weight excluding hydrogens is 202 g/mol. The van der Waals surface area contributed by atoms with Gasteiger partial charge in [0.05, 0.1) is 6.04 Å². The van der Waals surface area contributed by atoms with Crippen LogP contribution >= 0.6 is 0 Å². The maximum atomic E-state index is 12.2. The lowest BCUT2D eigenvalue weighted by Crippen LogP contribution is -2.32. The number of aromatic nitrogens is 3. The van der Waals surface area contributed by atoms with Crippen LogP contribution in [0.4, 0.5) is 8.78 Å². The van der Waals surface area contributed by atoms with E-state index in [1.54, 1.807) is 4.68 Å². The molecule has 86 valence electrons. The molecular formula is C9H16F2N4. The van der Waals surface area contributed by atoms with Gasteiger partial charge in [0.15, 0.2) is 0 Å². The van der Waals surface area contributed by atoms with Crippen LogP contribution in [-0.4, -0.2) is 27.2 Å². The highest BCUT2D eigenvalue weighted by Crippen LogP contribution is 2.07. The quantitative estimate of drug-likeness (QED) is 0.804. The molecule has 2 N–H and O–H groups in total. The van der Waals surface area contributed by atoms with E-state index in [-0.39, 0.29) is 6.42 Å². The van der Waals surface area contributed by atoms with E-state index in [9.17, 15) is 8.78 Å².